The minimum atomic E-state index is -5.08. The van der Waals surface area contributed by atoms with Crippen LogP contribution >= 0.6 is 0 Å². The molecule has 1 aromatic rings. The Balaban J connectivity index is 0.000000370. The molecule has 1 atom stereocenters. The number of carboxylic acid groups (broad SMARTS) is 1. The van der Waals surface area contributed by atoms with E-state index in [-0.39, 0.29) is 11.3 Å². The molecule has 10 heteroatoms. The van der Waals surface area contributed by atoms with Gasteiger partial charge in [0.05, 0.1) is 19.6 Å². The number of pyridine rings is 1. The highest BCUT2D eigenvalue weighted by Crippen LogP contribution is 2.32. The summed E-state index contributed by atoms with van der Waals surface area (Å²) in [5.41, 5.74) is 1.14. The number of ether oxygens (including phenoxy) is 1. The SMILES string of the molecule is CN1CCOCC2(CCCN(C(=O)Cc3ccncc3)C2)C1.O=C(O)C(F)(F)F. The standard InChI is InChI=1S/C17H25N3O2.C2HF3O2/c1-19-9-10-22-14-17(12-19)5-2-8-20(13-17)16(21)11-15-3-6-18-7-4-15;3-2(4,5)1(6)7/h3-4,6-7H,2,5,8-14H2,1H3;(H,6,7). The first-order valence-corrected chi connectivity index (χ1v) is 9.34. The van der Waals surface area contributed by atoms with Crippen molar-refractivity contribution in [3.05, 3.63) is 30.1 Å². The van der Waals surface area contributed by atoms with Gasteiger partial charge in [0, 0.05) is 44.0 Å². The van der Waals surface area contributed by atoms with E-state index < -0.39 is 12.1 Å². The molecule has 3 rings (SSSR count). The van der Waals surface area contributed by atoms with Gasteiger partial charge in [-0.05, 0) is 37.6 Å². The number of aromatic nitrogens is 1. The van der Waals surface area contributed by atoms with Crippen LogP contribution in [0.3, 0.4) is 0 Å². The van der Waals surface area contributed by atoms with Crippen molar-refractivity contribution in [2.24, 2.45) is 5.41 Å². The van der Waals surface area contributed by atoms with Gasteiger partial charge in [0.15, 0.2) is 0 Å². The zero-order valence-corrected chi connectivity index (χ0v) is 16.3. The van der Waals surface area contributed by atoms with Gasteiger partial charge in [-0.25, -0.2) is 4.79 Å². The fourth-order valence-electron chi connectivity index (χ4n) is 3.66. The van der Waals surface area contributed by atoms with Crippen molar-refractivity contribution in [1.82, 2.24) is 14.8 Å². The monoisotopic (exact) mass is 417 g/mol. The van der Waals surface area contributed by atoms with Crippen LogP contribution in [0.5, 0.6) is 0 Å². The molecule has 1 unspecified atom stereocenters. The molecule has 7 nitrogen and oxygen atoms in total. The molecule has 3 heterocycles. The van der Waals surface area contributed by atoms with Gasteiger partial charge >= 0.3 is 12.1 Å². The Bertz CT molecular complexity index is 687. The first kappa shape index (κ1) is 23.1. The molecule has 0 radical (unpaired) electrons. The van der Waals surface area contributed by atoms with E-state index in [1.54, 1.807) is 12.4 Å². The molecule has 0 aromatic carbocycles. The molecule has 0 bridgehead atoms. The summed E-state index contributed by atoms with van der Waals surface area (Å²) in [4.78, 5) is 29.9. The van der Waals surface area contributed by atoms with Crippen molar-refractivity contribution in [1.29, 1.82) is 0 Å². The normalized spacial score (nSPS) is 23.1. The summed E-state index contributed by atoms with van der Waals surface area (Å²) in [6.07, 6.45) is 1.09. The maximum Gasteiger partial charge on any atom is 0.490 e. The van der Waals surface area contributed by atoms with Gasteiger partial charge in [0.25, 0.3) is 0 Å². The van der Waals surface area contributed by atoms with E-state index in [1.165, 1.54) is 0 Å². The Morgan fingerprint density at radius 2 is 1.90 bits per heavy atom. The zero-order valence-electron chi connectivity index (χ0n) is 16.3. The molecule has 2 aliphatic rings. The molecule has 0 aliphatic carbocycles. The predicted octanol–water partition coefficient (Wildman–Crippen LogP) is 1.83. The van der Waals surface area contributed by atoms with Crippen LogP contribution in [0, 0.1) is 5.41 Å². The number of carbonyl (C=O) groups is 2. The first-order valence-electron chi connectivity index (χ1n) is 9.34. The highest BCUT2D eigenvalue weighted by molar-refractivity contribution is 5.78. The Kier molecular flexibility index (Phi) is 7.97. The molecule has 1 amide bonds. The number of rotatable bonds is 2. The summed E-state index contributed by atoms with van der Waals surface area (Å²) < 4.78 is 37.6. The number of aliphatic carboxylic acids is 1. The molecular formula is C19H26F3N3O4. The van der Waals surface area contributed by atoms with E-state index in [2.05, 4.69) is 16.9 Å². The smallest absolute Gasteiger partial charge is 0.475 e. The molecule has 1 N–H and O–H groups in total. The Morgan fingerprint density at radius 3 is 2.52 bits per heavy atom. The van der Waals surface area contributed by atoms with Crippen LogP contribution in [0.1, 0.15) is 18.4 Å². The third kappa shape index (κ3) is 7.28. The Morgan fingerprint density at radius 1 is 1.24 bits per heavy atom. The molecule has 1 aromatic heterocycles. The number of halogens is 3. The lowest BCUT2D eigenvalue weighted by Gasteiger charge is -2.43. The lowest BCUT2D eigenvalue weighted by atomic mass is 9.80. The van der Waals surface area contributed by atoms with Gasteiger partial charge in [0.1, 0.15) is 0 Å². The van der Waals surface area contributed by atoms with Crippen molar-refractivity contribution in [2.45, 2.75) is 25.4 Å². The van der Waals surface area contributed by atoms with Crippen LogP contribution in [0.15, 0.2) is 24.5 Å². The van der Waals surface area contributed by atoms with Crippen molar-refractivity contribution in [2.75, 3.05) is 46.4 Å². The van der Waals surface area contributed by atoms with E-state index in [1.807, 2.05) is 17.0 Å². The summed E-state index contributed by atoms with van der Waals surface area (Å²) >= 11 is 0. The van der Waals surface area contributed by atoms with E-state index in [0.717, 1.165) is 57.8 Å². The van der Waals surface area contributed by atoms with E-state index in [4.69, 9.17) is 14.6 Å². The number of hydrogen-bond acceptors (Lipinski definition) is 5. The van der Waals surface area contributed by atoms with Gasteiger partial charge in [-0.3, -0.25) is 9.78 Å². The quantitative estimate of drug-likeness (QED) is 0.791. The van der Waals surface area contributed by atoms with E-state index in [0.29, 0.717) is 6.42 Å². The van der Waals surface area contributed by atoms with Crippen LogP contribution in [0.25, 0.3) is 0 Å². The Hall–Kier alpha value is -2.20. The van der Waals surface area contributed by atoms with Crippen LogP contribution in [-0.2, 0) is 20.7 Å². The highest BCUT2D eigenvalue weighted by atomic mass is 19.4. The number of nitrogens with zero attached hydrogens (tertiary/aromatic N) is 3. The summed E-state index contributed by atoms with van der Waals surface area (Å²) in [5.74, 6) is -2.54. The summed E-state index contributed by atoms with van der Waals surface area (Å²) in [6, 6.07) is 3.83. The van der Waals surface area contributed by atoms with Crippen molar-refractivity contribution in [3.63, 3.8) is 0 Å². The molecule has 0 saturated carbocycles. The second-order valence-electron chi connectivity index (χ2n) is 7.54. The maximum absolute atomic E-state index is 12.6. The van der Waals surface area contributed by atoms with Gasteiger partial charge in [-0.2, -0.15) is 13.2 Å². The summed E-state index contributed by atoms with van der Waals surface area (Å²) in [5, 5.41) is 7.12. The van der Waals surface area contributed by atoms with Gasteiger partial charge in [-0.1, -0.05) is 0 Å². The third-order valence-corrected chi connectivity index (χ3v) is 4.99. The lowest BCUT2D eigenvalue weighted by Crippen LogP contribution is -2.52. The zero-order chi connectivity index (χ0) is 21.5. The Labute approximate surface area is 167 Å². The molecule has 2 aliphatic heterocycles. The molecule has 2 saturated heterocycles. The van der Waals surface area contributed by atoms with Crippen molar-refractivity contribution >= 4 is 11.9 Å². The molecule has 162 valence electrons. The fraction of sp³-hybridized carbons (Fsp3) is 0.632. The van der Waals surface area contributed by atoms with Crippen LogP contribution in [-0.4, -0.2) is 84.4 Å². The van der Waals surface area contributed by atoms with Crippen molar-refractivity contribution < 1.29 is 32.6 Å². The number of likely N-dealkylation sites (N-methyl/N-ethyl adjacent to an activating group) is 1. The number of carboxylic acids is 1. The predicted molar refractivity (Wildman–Crippen MR) is 98.2 cm³/mol. The highest BCUT2D eigenvalue weighted by Gasteiger charge is 2.39. The first-order chi connectivity index (χ1) is 13.6. The molecule has 2 fully saturated rings. The number of piperidine rings is 1. The van der Waals surface area contributed by atoms with E-state index >= 15 is 0 Å². The van der Waals surface area contributed by atoms with Crippen LogP contribution < -0.4 is 0 Å². The maximum atomic E-state index is 12.6. The lowest BCUT2D eigenvalue weighted by molar-refractivity contribution is -0.192. The third-order valence-electron chi connectivity index (χ3n) is 4.99. The molecule has 29 heavy (non-hydrogen) atoms. The van der Waals surface area contributed by atoms with Crippen molar-refractivity contribution in [3.8, 4) is 0 Å². The topological polar surface area (TPSA) is 83.0 Å². The van der Waals surface area contributed by atoms with Gasteiger partial charge < -0.3 is 19.6 Å². The van der Waals surface area contributed by atoms with E-state index in [9.17, 15) is 18.0 Å². The number of likely N-dealkylation sites (tertiary alicyclic amines) is 1. The second-order valence-corrected chi connectivity index (χ2v) is 7.54. The second kappa shape index (κ2) is 10.0. The largest absolute Gasteiger partial charge is 0.490 e. The number of hydrogen-bond donors (Lipinski definition) is 1. The van der Waals surface area contributed by atoms with Crippen LogP contribution in [0.4, 0.5) is 13.2 Å². The summed E-state index contributed by atoms with van der Waals surface area (Å²) in [6.45, 7) is 5.26. The minimum Gasteiger partial charge on any atom is -0.475 e. The molecule has 1 spiro atoms. The fourth-order valence-corrected chi connectivity index (χ4v) is 3.66. The summed E-state index contributed by atoms with van der Waals surface area (Å²) in [7, 11) is 2.15. The minimum absolute atomic E-state index is 0.109. The van der Waals surface area contributed by atoms with Gasteiger partial charge in [0.2, 0.25) is 5.91 Å². The number of amides is 1. The molecular weight excluding hydrogens is 391 g/mol. The van der Waals surface area contributed by atoms with Gasteiger partial charge in [-0.15, -0.1) is 0 Å². The average Bonchev–Trinajstić information content (AvgIpc) is 2.83. The number of carbonyl (C=O) groups excluding carboxylic acids is 1. The number of alkyl halides is 3. The van der Waals surface area contributed by atoms with Crippen LogP contribution in [0.2, 0.25) is 0 Å². The average molecular weight is 417 g/mol.